The fourth-order valence-electron chi connectivity index (χ4n) is 3.70. The van der Waals surface area contributed by atoms with Crippen molar-refractivity contribution in [3.05, 3.63) is 100.0 Å². The van der Waals surface area contributed by atoms with Crippen molar-refractivity contribution in [2.45, 2.75) is 13.8 Å². The Morgan fingerprint density at radius 1 is 0.935 bits per heavy atom. The highest BCUT2D eigenvalue weighted by Gasteiger charge is 2.14. The molecule has 0 radical (unpaired) electrons. The number of carbonyl (C=O) groups is 1. The number of rotatable bonds is 3. The van der Waals surface area contributed by atoms with E-state index in [1.54, 1.807) is 24.4 Å². The number of hydrogen-bond donors (Lipinski definition) is 2. The molecule has 0 saturated carbocycles. The van der Waals surface area contributed by atoms with E-state index in [1.165, 1.54) is 4.68 Å². The molecule has 6 nitrogen and oxygen atoms in total. The van der Waals surface area contributed by atoms with Crippen LogP contribution in [0.4, 0.5) is 5.69 Å². The maximum atomic E-state index is 13.0. The minimum absolute atomic E-state index is 0.178. The summed E-state index contributed by atoms with van der Waals surface area (Å²) in [6.07, 6.45) is 1.58. The largest absolute Gasteiger partial charge is 0.322 e. The topological polar surface area (TPSA) is 79.8 Å². The number of aromatic amines is 1. The lowest BCUT2D eigenvalue weighted by Gasteiger charge is -2.07. The average Bonchev–Trinajstić information content (AvgIpc) is 3.11. The van der Waals surface area contributed by atoms with Crippen LogP contribution in [0.1, 0.15) is 21.5 Å². The van der Waals surface area contributed by atoms with Gasteiger partial charge in [0.2, 0.25) is 0 Å². The van der Waals surface area contributed by atoms with Crippen molar-refractivity contribution >= 4 is 33.4 Å². The first-order valence-electron chi connectivity index (χ1n) is 9.98. The molecule has 6 heteroatoms. The number of nitrogens with zero attached hydrogens (tertiary/aromatic N) is 2. The minimum Gasteiger partial charge on any atom is -0.322 e. The van der Waals surface area contributed by atoms with E-state index in [0.29, 0.717) is 22.0 Å². The molecule has 152 valence electrons. The quantitative estimate of drug-likeness (QED) is 0.453. The molecule has 0 aliphatic rings. The second-order valence-electron chi connectivity index (χ2n) is 7.69. The standard InChI is InChI=1S/C25H20N4O2/c1-15-6-9-19(10-7-15)29-25(31)21-14-26-22-11-8-17(13-20(22)23(21)28-29)24(30)27-18-5-3-4-16(2)12-18/h3-14,28H,1-2H3,(H,27,30). The zero-order valence-corrected chi connectivity index (χ0v) is 17.1. The van der Waals surface area contributed by atoms with Gasteiger partial charge in [0.1, 0.15) is 0 Å². The summed E-state index contributed by atoms with van der Waals surface area (Å²) in [5.74, 6) is -0.218. The van der Waals surface area contributed by atoms with Gasteiger partial charge >= 0.3 is 0 Å². The molecule has 0 saturated heterocycles. The van der Waals surface area contributed by atoms with Gasteiger partial charge in [-0.05, 0) is 61.9 Å². The van der Waals surface area contributed by atoms with Crippen LogP contribution in [0.25, 0.3) is 27.5 Å². The van der Waals surface area contributed by atoms with Gasteiger partial charge in [-0.25, -0.2) is 4.68 Å². The van der Waals surface area contributed by atoms with Gasteiger partial charge < -0.3 is 5.32 Å². The molecule has 0 unspecified atom stereocenters. The van der Waals surface area contributed by atoms with Gasteiger partial charge in [-0.2, -0.15) is 0 Å². The predicted octanol–water partition coefficient (Wildman–Crippen LogP) is 4.74. The number of H-pyrrole nitrogens is 1. The van der Waals surface area contributed by atoms with Crippen LogP contribution in [0.15, 0.2) is 77.7 Å². The third-order valence-electron chi connectivity index (χ3n) is 5.36. The zero-order chi connectivity index (χ0) is 21.5. The Morgan fingerprint density at radius 3 is 2.52 bits per heavy atom. The molecule has 3 aromatic carbocycles. The lowest BCUT2D eigenvalue weighted by Crippen LogP contribution is -2.14. The molecule has 2 aromatic heterocycles. The van der Waals surface area contributed by atoms with Crippen molar-refractivity contribution in [2.24, 2.45) is 0 Å². The van der Waals surface area contributed by atoms with Crippen molar-refractivity contribution in [3.8, 4) is 5.69 Å². The Kier molecular flexibility index (Phi) is 4.40. The van der Waals surface area contributed by atoms with E-state index in [-0.39, 0.29) is 11.5 Å². The van der Waals surface area contributed by atoms with Crippen LogP contribution in [0.5, 0.6) is 0 Å². The first kappa shape index (κ1) is 18.8. The Balaban J connectivity index is 1.61. The Labute approximate surface area is 178 Å². The SMILES string of the molecule is Cc1ccc(-n2[nH]c3c(cnc4ccc(C(=O)Nc5cccc(C)c5)cc43)c2=O)cc1. The van der Waals surface area contributed by atoms with Crippen molar-refractivity contribution in [2.75, 3.05) is 5.32 Å². The number of carbonyl (C=O) groups excluding carboxylic acids is 1. The maximum absolute atomic E-state index is 13.0. The number of anilines is 1. The van der Waals surface area contributed by atoms with Crippen LogP contribution < -0.4 is 10.9 Å². The maximum Gasteiger partial charge on any atom is 0.280 e. The number of pyridine rings is 1. The second kappa shape index (κ2) is 7.25. The summed E-state index contributed by atoms with van der Waals surface area (Å²) in [7, 11) is 0. The Bertz CT molecular complexity index is 1510. The number of aromatic nitrogens is 3. The molecular formula is C25H20N4O2. The van der Waals surface area contributed by atoms with E-state index >= 15 is 0 Å². The second-order valence-corrected chi connectivity index (χ2v) is 7.69. The fraction of sp³-hybridized carbons (Fsp3) is 0.0800. The molecule has 0 aliphatic heterocycles. The van der Waals surface area contributed by atoms with Crippen LogP contribution in [0.2, 0.25) is 0 Å². The summed E-state index contributed by atoms with van der Waals surface area (Å²) in [5.41, 5.74) is 5.34. The van der Waals surface area contributed by atoms with Crippen LogP contribution in [-0.4, -0.2) is 20.7 Å². The molecule has 2 N–H and O–H groups in total. The van der Waals surface area contributed by atoms with Crippen molar-refractivity contribution < 1.29 is 4.79 Å². The smallest absolute Gasteiger partial charge is 0.280 e. The van der Waals surface area contributed by atoms with Gasteiger partial charge in [-0.3, -0.25) is 19.7 Å². The highest BCUT2D eigenvalue weighted by atomic mass is 16.1. The summed E-state index contributed by atoms with van der Waals surface area (Å²) < 4.78 is 1.50. The molecule has 2 heterocycles. The number of fused-ring (bicyclic) bond motifs is 3. The summed E-state index contributed by atoms with van der Waals surface area (Å²) in [6, 6.07) is 20.6. The molecule has 31 heavy (non-hydrogen) atoms. The van der Waals surface area contributed by atoms with E-state index in [9.17, 15) is 9.59 Å². The van der Waals surface area contributed by atoms with Gasteiger partial charge in [0, 0.05) is 22.8 Å². The normalized spacial score (nSPS) is 11.2. The molecule has 1 amide bonds. The van der Waals surface area contributed by atoms with Gasteiger partial charge in [-0.15, -0.1) is 0 Å². The molecule has 5 aromatic rings. The number of hydrogen-bond acceptors (Lipinski definition) is 3. The Hall–Kier alpha value is -4.19. The fourth-order valence-corrected chi connectivity index (χ4v) is 3.70. The van der Waals surface area contributed by atoms with Gasteiger partial charge in [0.15, 0.2) is 0 Å². The molecule has 5 rings (SSSR count). The van der Waals surface area contributed by atoms with Crippen LogP contribution in [-0.2, 0) is 0 Å². The first-order valence-corrected chi connectivity index (χ1v) is 9.98. The lowest BCUT2D eigenvalue weighted by atomic mass is 10.1. The van der Waals surface area contributed by atoms with Crippen molar-refractivity contribution in [3.63, 3.8) is 0 Å². The molecule has 0 aliphatic carbocycles. The van der Waals surface area contributed by atoms with E-state index in [2.05, 4.69) is 15.4 Å². The van der Waals surface area contributed by atoms with Crippen LogP contribution in [0.3, 0.4) is 0 Å². The van der Waals surface area contributed by atoms with Crippen molar-refractivity contribution in [1.29, 1.82) is 0 Å². The summed E-state index contributed by atoms with van der Waals surface area (Å²) in [6.45, 7) is 3.97. The van der Waals surface area contributed by atoms with Gasteiger partial charge in [-0.1, -0.05) is 29.8 Å². The highest BCUT2D eigenvalue weighted by Crippen LogP contribution is 2.23. The highest BCUT2D eigenvalue weighted by molar-refractivity contribution is 6.10. The number of amides is 1. The van der Waals surface area contributed by atoms with E-state index in [4.69, 9.17) is 0 Å². The molecule has 0 spiro atoms. The zero-order valence-electron chi connectivity index (χ0n) is 17.1. The third kappa shape index (κ3) is 3.38. The number of benzene rings is 3. The first-order chi connectivity index (χ1) is 15.0. The number of nitrogens with one attached hydrogen (secondary N) is 2. The van der Waals surface area contributed by atoms with Crippen LogP contribution in [0, 0.1) is 13.8 Å². The van der Waals surface area contributed by atoms with Gasteiger partial charge in [0.05, 0.1) is 22.1 Å². The molecule has 0 bridgehead atoms. The summed E-state index contributed by atoms with van der Waals surface area (Å²) in [5, 5.41) is 7.32. The van der Waals surface area contributed by atoms with E-state index < -0.39 is 0 Å². The van der Waals surface area contributed by atoms with Gasteiger partial charge in [0.25, 0.3) is 11.5 Å². The third-order valence-corrected chi connectivity index (χ3v) is 5.36. The predicted molar refractivity (Wildman–Crippen MR) is 123 cm³/mol. The van der Waals surface area contributed by atoms with Crippen molar-refractivity contribution in [1.82, 2.24) is 14.8 Å². The van der Waals surface area contributed by atoms with E-state index in [1.807, 2.05) is 62.4 Å². The number of aryl methyl sites for hydroxylation is 2. The Morgan fingerprint density at radius 2 is 1.74 bits per heavy atom. The summed E-state index contributed by atoms with van der Waals surface area (Å²) >= 11 is 0. The van der Waals surface area contributed by atoms with Crippen LogP contribution >= 0.6 is 0 Å². The monoisotopic (exact) mass is 408 g/mol. The van der Waals surface area contributed by atoms with E-state index in [0.717, 1.165) is 27.9 Å². The lowest BCUT2D eigenvalue weighted by molar-refractivity contribution is 0.102. The molecular weight excluding hydrogens is 388 g/mol. The molecule has 0 atom stereocenters. The summed E-state index contributed by atoms with van der Waals surface area (Å²) in [4.78, 5) is 30.2. The average molecular weight is 408 g/mol. The minimum atomic E-state index is -0.218. The molecule has 0 fully saturated rings.